The molecule has 2 atom stereocenters. The molecule has 12 rings (SSSR count). The van der Waals surface area contributed by atoms with Gasteiger partial charge in [-0.25, -0.2) is 24.2 Å². The van der Waals surface area contributed by atoms with Gasteiger partial charge in [0.15, 0.2) is 12.4 Å². The number of imidazole rings is 2. The number of hydrogen-bond acceptors (Lipinski definition) is 12. The van der Waals surface area contributed by atoms with Gasteiger partial charge < -0.3 is 29.9 Å². The lowest BCUT2D eigenvalue weighted by Crippen LogP contribution is -2.34. The number of anilines is 2. The van der Waals surface area contributed by atoms with Crippen molar-refractivity contribution in [3.8, 4) is 56.1 Å². The molecular weight excluding hydrogens is 1060 g/mol. The molecule has 0 saturated heterocycles. The van der Waals surface area contributed by atoms with Crippen LogP contribution in [-0.2, 0) is 16.1 Å². The molecule has 0 spiro atoms. The van der Waals surface area contributed by atoms with E-state index in [4.69, 9.17) is 42.6 Å². The van der Waals surface area contributed by atoms with Crippen LogP contribution in [0.15, 0.2) is 153 Å². The maximum atomic E-state index is 14.2. The molecule has 10 aromatic rings. The van der Waals surface area contributed by atoms with Crippen LogP contribution in [0, 0.1) is 22.3 Å². The Morgan fingerprint density at radius 2 is 1.21 bits per heavy atom. The van der Waals surface area contributed by atoms with Crippen molar-refractivity contribution >= 4 is 46.8 Å². The summed E-state index contributed by atoms with van der Waals surface area (Å²) in [5.74, 6) is 1.69. The molecular formula is C58H50Cl2N14O6. The first-order valence-corrected chi connectivity index (χ1v) is 26.7. The number of benzene rings is 4. The number of halogens is 2. The summed E-state index contributed by atoms with van der Waals surface area (Å²) in [6.07, 6.45) is 17.5. The summed E-state index contributed by atoms with van der Waals surface area (Å²) in [6.45, 7) is -0.190. The first-order valence-electron chi connectivity index (χ1n) is 25.9. The second-order valence-electron chi connectivity index (χ2n) is 20.0. The summed E-state index contributed by atoms with van der Waals surface area (Å²) in [7, 11) is 1.31. The number of aromatic nitrogens is 12. The number of carbonyl (C=O) groups is 2. The van der Waals surface area contributed by atoms with E-state index in [1.165, 1.54) is 26.0 Å². The number of pyridine rings is 2. The van der Waals surface area contributed by atoms with E-state index in [1.807, 2.05) is 60.7 Å². The summed E-state index contributed by atoms with van der Waals surface area (Å²) >= 11 is 13.2. The monoisotopic (exact) mass is 1110 g/mol. The fourth-order valence-electron chi connectivity index (χ4n) is 10.1. The summed E-state index contributed by atoms with van der Waals surface area (Å²) in [5.41, 5.74) is 9.78. The average Bonchev–Trinajstić information content (AvgIpc) is 4.16. The molecule has 4 N–H and O–H groups in total. The van der Waals surface area contributed by atoms with Crippen LogP contribution in [0.5, 0.6) is 0 Å². The smallest absolute Gasteiger partial charge is 0.411 e. The number of H-pyrrole nitrogens is 2. The Morgan fingerprint density at radius 3 is 1.74 bits per heavy atom. The summed E-state index contributed by atoms with van der Waals surface area (Å²) in [6, 6.07) is 30.9. The standard InChI is InChI=1S/C58H50Cl2N14O6/c1-79-57(75)66-43-13-6-36(7-14-43)49-27-62-56(68-49)48(23-35-4-5-35)53-18-11-39(30-74(53)78)46-26-42(60)24-40(54(46)71-32-64-65-33-71)31-80-58(76)67-44-15-8-37(9-16-44)50-28-61-55(69-50)47(22-34-2-3-34)52-17-10-38(29-73(52)77)45-25-41(59)12-19-51(45)72-21-20-63-70-72/h6-21,24-30,32-35,47-48H,2-5,22-23,31H2,1H3,(H,61,69)(H,62,68)(H,66,75)(H,67,76). The van der Waals surface area contributed by atoms with Crippen molar-refractivity contribution in [2.45, 2.75) is 57.0 Å². The van der Waals surface area contributed by atoms with Crippen LogP contribution in [0.3, 0.4) is 0 Å². The van der Waals surface area contributed by atoms with Gasteiger partial charge in [-0.2, -0.15) is 9.46 Å². The lowest BCUT2D eigenvalue weighted by molar-refractivity contribution is -0.614. The fourth-order valence-corrected chi connectivity index (χ4v) is 10.5. The van der Waals surface area contributed by atoms with Gasteiger partial charge in [-0.15, -0.1) is 15.3 Å². The third-order valence-electron chi connectivity index (χ3n) is 14.5. The van der Waals surface area contributed by atoms with Gasteiger partial charge >= 0.3 is 12.2 Å². The molecule has 2 amide bonds. The second kappa shape index (κ2) is 22.2. The second-order valence-corrected chi connectivity index (χ2v) is 20.8. The number of carbonyl (C=O) groups excluding carboxylic acids is 2. The molecule has 2 aliphatic rings. The minimum atomic E-state index is -0.709. The SMILES string of the molecule is COC(=O)Nc1ccc(-c2cnc(C(CC3CC3)c3ccc(-c4cc(Cl)cc(COC(=O)Nc5ccc(-c6cnc(C(CC7CC7)c7ccc(-c8cc(Cl)ccc8-n8ccnn8)c[n+]7[O-])[nH]6)cc5)c4-n4cnnc4)c[n+]3[O-])[nH]2)cc1. The highest BCUT2D eigenvalue weighted by molar-refractivity contribution is 6.31. The van der Waals surface area contributed by atoms with Crippen molar-refractivity contribution in [2.75, 3.05) is 17.7 Å². The Kier molecular flexibility index (Phi) is 14.2. The maximum Gasteiger partial charge on any atom is 0.411 e. The number of methoxy groups -OCH3 is 1. The molecule has 0 aliphatic heterocycles. The molecule has 4 aromatic carbocycles. The highest BCUT2D eigenvalue weighted by atomic mass is 35.5. The molecule has 402 valence electrons. The van der Waals surface area contributed by atoms with Crippen molar-refractivity contribution in [2.24, 2.45) is 11.8 Å². The summed E-state index contributed by atoms with van der Waals surface area (Å²) < 4.78 is 15.6. The Bertz CT molecular complexity index is 3860. The Labute approximate surface area is 467 Å². The number of nitrogens with one attached hydrogen (secondary N) is 4. The predicted molar refractivity (Wildman–Crippen MR) is 298 cm³/mol. The molecule has 22 heteroatoms. The van der Waals surface area contributed by atoms with E-state index in [0.717, 1.165) is 81.8 Å². The lowest BCUT2D eigenvalue weighted by Gasteiger charge is -2.18. The average molecular weight is 1110 g/mol. The van der Waals surface area contributed by atoms with Gasteiger partial charge in [0.1, 0.15) is 42.7 Å². The van der Waals surface area contributed by atoms with Crippen molar-refractivity contribution in [3.63, 3.8) is 0 Å². The molecule has 6 heterocycles. The zero-order valence-corrected chi connectivity index (χ0v) is 44.4. The minimum absolute atomic E-state index is 0.190. The lowest BCUT2D eigenvalue weighted by atomic mass is 9.95. The molecule has 2 saturated carbocycles. The number of aromatic amines is 2. The predicted octanol–water partition coefficient (Wildman–Crippen LogP) is 11.3. The molecule has 2 fully saturated rings. The third-order valence-corrected chi connectivity index (χ3v) is 14.9. The van der Waals surface area contributed by atoms with Gasteiger partial charge in [0.05, 0.1) is 54.7 Å². The molecule has 2 unspecified atom stereocenters. The van der Waals surface area contributed by atoms with Gasteiger partial charge in [-0.05, 0) is 103 Å². The van der Waals surface area contributed by atoms with Crippen LogP contribution in [-0.4, -0.2) is 69.0 Å². The molecule has 2 aliphatic carbocycles. The fraction of sp³-hybridized carbons (Fsp3) is 0.207. The van der Waals surface area contributed by atoms with Crippen LogP contribution in [0.4, 0.5) is 21.0 Å². The normalized spacial score (nSPS) is 13.9. The first-order chi connectivity index (χ1) is 39.0. The highest BCUT2D eigenvalue weighted by Crippen LogP contribution is 2.43. The van der Waals surface area contributed by atoms with Crippen molar-refractivity contribution in [1.82, 2.24) is 49.7 Å². The first kappa shape index (κ1) is 51.4. The van der Waals surface area contributed by atoms with Crippen LogP contribution in [0.1, 0.15) is 79.0 Å². The molecule has 0 bridgehead atoms. The highest BCUT2D eigenvalue weighted by Gasteiger charge is 2.35. The molecule has 6 aromatic heterocycles. The van der Waals surface area contributed by atoms with E-state index in [9.17, 15) is 20.0 Å². The van der Waals surface area contributed by atoms with Crippen molar-refractivity contribution < 1.29 is 28.5 Å². The van der Waals surface area contributed by atoms with Gasteiger partial charge in [0, 0.05) is 61.4 Å². The molecule has 20 nitrogen and oxygen atoms in total. The Hall–Kier alpha value is -9.40. The van der Waals surface area contributed by atoms with E-state index < -0.39 is 12.2 Å². The van der Waals surface area contributed by atoms with Crippen LogP contribution in [0.25, 0.3) is 56.1 Å². The van der Waals surface area contributed by atoms with Gasteiger partial charge in [0.25, 0.3) is 0 Å². The third kappa shape index (κ3) is 11.3. The van der Waals surface area contributed by atoms with Crippen molar-refractivity contribution in [3.05, 3.63) is 202 Å². The zero-order chi connectivity index (χ0) is 54.9. The quantitative estimate of drug-likeness (QED) is 0.0463. The van der Waals surface area contributed by atoms with E-state index in [-0.39, 0.29) is 18.4 Å². The maximum absolute atomic E-state index is 14.2. The number of amides is 2. The van der Waals surface area contributed by atoms with E-state index >= 15 is 0 Å². The largest absolute Gasteiger partial charge is 0.618 e. The van der Waals surface area contributed by atoms with Crippen LogP contribution < -0.4 is 20.1 Å². The van der Waals surface area contributed by atoms with Crippen molar-refractivity contribution in [1.29, 1.82) is 0 Å². The Balaban J connectivity index is 0.734. The topological polar surface area (TPSA) is 249 Å². The number of hydrogen-bond donors (Lipinski definition) is 4. The molecule has 80 heavy (non-hydrogen) atoms. The minimum Gasteiger partial charge on any atom is -0.618 e. The van der Waals surface area contributed by atoms with Gasteiger partial charge in [-0.1, -0.05) is 78.4 Å². The molecule has 0 radical (unpaired) electrons. The van der Waals surface area contributed by atoms with Gasteiger partial charge in [0.2, 0.25) is 11.4 Å². The zero-order valence-electron chi connectivity index (χ0n) is 42.9. The number of ether oxygens (including phenoxy) is 2. The Morgan fingerprint density at radius 1 is 0.675 bits per heavy atom. The van der Waals surface area contributed by atoms with Crippen LogP contribution in [0.2, 0.25) is 10.0 Å². The van der Waals surface area contributed by atoms with Gasteiger partial charge in [-0.3, -0.25) is 15.2 Å². The van der Waals surface area contributed by atoms with Crippen LogP contribution >= 0.6 is 23.2 Å². The number of nitrogens with zero attached hydrogens (tertiary/aromatic N) is 10. The van der Waals surface area contributed by atoms with E-state index in [2.05, 4.69) is 41.1 Å². The summed E-state index contributed by atoms with van der Waals surface area (Å²) in [4.78, 5) is 41.6. The van der Waals surface area contributed by atoms with E-state index in [1.54, 1.807) is 82.7 Å². The number of rotatable bonds is 18. The summed E-state index contributed by atoms with van der Waals surface area (Å²) in [5, 5.41) is 50.6. The van der Waals surface area contributed by atoms with E-state index in [0.29, 0.717) is 84.2 Å².